The summed E-state index contributed by atoms with van der Waals surface area (Å²) in [6.07, 6.45) is 12.3. The zero-order valence-corrected chi connectivity index (χ0v) is 12.7. The second-order valence-corrected chi connectivity index (χ2v) is 8.05. The third-order valence-electron chi connectivity index (χ3n) is 6.83. The lowest BCUT2D eigenvalue weighted by Gasteiger charge is -2.34. The molecule has 0 spiro atoms. The van der Waals surface area contributed by atoms with Crippen LogP contribution in [0.25, 0.3) is 0 Å². The standard InChI is InChI=1S/C18H32/c1-12-10-14(3)18(11-12)17-8-4-6-13(2)15-7-5-9-16(15)17/h12-18H,4-11H2,1-3H3. The molecular weight excluding hydrogens is 216 g/mol. The van der Waals surface area contributed by atoms with Gasteiger partial charge < -0.3 is 0 Å². The Morgan fingerprint density at radius 3 is 1.83 bits per heavy atom. The van der Waals surface area contributed by atoms with Gasteiger partial charge in [0.05, 0.1) is 0 Å². The van der Waals surface area contributed by atoms with Crippen molar-refractivity contribution in [3.05, 3.63) is 0 Å². The van der Waals surface area contributed by atoms with Crippen molar-refractivity contribution in [1.82, 2.24) is 0 Å². The molecule has 0 aromatic heterocycles. The van der Waals surface area contributed by atoms with Gasteiger partial charge in [-0.15, -0.1) is 0 Å². The Morgan fingerprint density at radius 2 is 1.17 bits per heavy atom. The van der Waals surface area contributed by atoms with Gasteiger partial charge in [0.25, 0.3) is 0 Å². The maximum atomic E-state index is 2.55. The van der Waals surface area contributed by atoms with Gasteiger partial charge in [-0.1, -0.05) is 40.0 Å². The van der Waals surface area contributed by atoms with Gasteiger partial charge in [0, 0.05) is 0 Å². The molecule has 0 amide bonds. The average Bonchev–Trinajstić information content (AvgIpc) is 2.88. The van der Waals surface area contributed by atoms with Crippen molar-refractivity contribution >= 4 is 0 Å². The van der Waals surface area contributed by atoms with Crippen LogP contribution in [0.15, 0.2) is 0 Å². The van der Waals surface area contributed by atoms with Gasteiger partial charge in [-0.3, -0.25) is 0 Å². The molecule has 3 fully saturated rings. The number of fused-ring (bicyclic) bond motifs is 1. The summed E-state index contributed by atoms with van der Waals surface area (Å²) in [5, 5.41) is 0. The monoisotopic (exact) mass is 248 g/mol. The van der Waals surface area contributed by atoms with E-state index in [0.29, 0.717) is 0 Å². The van der Waals surface area contributed by atoms with Crippen LogP contribution in [0.4, 0.5) is 0 Å². The first-order valence-corrected chi connectivity index (χ1v) is 8.66. The maximum Gasteiger partial charge on any atom is -0.0352 e. The van der Waals surface area contributed by atoms with E-state index < -0.39 is 0 Å². The Kier molecular flexibility index (Phi) is 3.74. The zero-order chi connectivity index (χ0) is 12.7. The van der Waals surface area contributed by atoms with Crippen LogP contribution < -0.4 is 0 Å². The Morgan fingerprint density at radius 1 is 0.556 bits per heavy atom. The Hall–Kier alpha value is 0. The molecule has 104 valence electrons. The molecule has 0 saturated heterocycles. The summed E-state index contributed by atoms with van der Waals surface area (Å²) in [5.74, 6) is 7.43. The van der Waals surface area contributed by atoms with Crippen LogP contribution in [-0.4, -0.2) is 0 Å². The fraction of sp³-hybridized carbons (Fsp3) is 1.00. The van der Waals surface area contributed by atoms with Crippen molar-refractivity contribution in [2.75, 3.05) is 0 Å². The van der Waals surface area contributed by atoms with Crippen LogP contribution >= 0.6 is 0 Å². The highest BCUT2D eigenvalue weighted by Crippen LogP contribution is 2.53. The van der Waals surface area contributed by atoms with Crippen LogP contribution in [0, 0.1) is 41.4 Å². The molecule has 3 rings (SSSR count). The summed E-state index contributed by atoms with van der Waals surface area (Å²) in [7, 11) is 0. The first-order chi connectivity index (χ1) is 8.66. The summed E-state index contributed by atoms with van der Waals surface area (Å²) >= 11 is 0. The first-order valence-electron chi connectivity index (χ1n) is 8.66. The van der Waals surface area contributed by atoms with E-state index in [9.17, 15) is 0 Å². The summed E-state index contributed by atoms with van der Waals surface area (Å²) in [5.41, 5.74) is 0. The van der Waals surface area contributed by atoms with Crippen molar-refractivity contribution in [2.45, 2.75) is 72.1 Å². The van der Waals surface area contributed by atoms with Gasteiger partial charge in [0.1, 0.15) is 0 Å². The van der Waals surface area contributed by atoms with Crippen LogP contribution in [0.5, 0.6) is 0 Å². The normalized spacial score (nSPS) is 53.2. The molecular formula is C18H32. The number of rotatable bonds is 1. The van der Waals surface area contributed by atoms with Gasteiger partial charge in [-0.2, -0.15) is 0 Å². The number of hydrogen-bond acceptors (Lipinski definition) is 0. The van der Waals surface area contributed by atoms with Crippen molar-refractivity contribution in [1.29, 1.82) is 0 Å². The van der Waals surface area contributed by atoms with Gasteiger partial charge in [0.15, 0.2) is 0 Å². The lowest BCUT2D eigenvalue weighted by Crippen LogP contribution is -2.28. The van der Waals surface area contributed by atoms with E-state index in [1.54, 1.807) is 25.7 Å². The average molecular weight is 248 g/mol. The van der Waals surface area contributed by atoms with E-state index in [-0.39, 0.29) is 0 Å². The van der Waals surface area contributed by atoms with E-state index in [1.807, 2.05) is 0 Å². The number of hydrogen-bond donors (Lipinski definition) is 0. The van der Waals surface area contributed by atoms with E-state index in [2.05, 4.69) is 20.8 Å². The smallest absolute Gasteiger partial charge is 0.0352 e. The molecule has 18 heavy (non-hydrogen) atoms. The van der Waals surface area contributed by atoms with Crippen LogP contribution in [0.2, 0.25) is 0 Å². The molecule has 0 bridgehead atoms. The minimum Gasteiger partial charge on any atom is -0.0625 e. The molecule has 0 nitrogen and oxygen atoms in total. The third-order valence-corrected chi connectivity index (χ3v) is 6.83. The molecule has 3 saturated carbocycles. The van der Waals surface area contributed by atoms with Gasteiger partial charge in [-0.05, 0) is 73.5 Å². The summed E-state index contributed by atoms with van der Waals surface area (Å²) in [4.78, 5) is 0. The molecule has 7 unspecified atom stereocenters. The zero-order valence-electron chi connectivity index (χ0n) is 12.7. The second-order valence-electron chi connectivity index (χ2n) is 8.05. The fourth-order valence-electron chi connectivity index (χ4n) is 6.09. The Bertz CT molecular complexity index is 282. The van der Waals surface area contributed by atoms with Crippen LogP contribution in [-0.2, 0) is 0 Å². The molecule has 7 atom stereocenters. The van der Waals surface area contributed by atoms with Crippen molar-refractivity contribution in [3.8, 4) is 0 Å². The predicted molar refractivity (Wildman–Crippen MR) is 78.4 cm³/mol. The topological polar surface area (TPSA) is 0 Å². The van der Waals surface area contributed by atoms with Crippen molar-refractivity contribution in [3.63, 3.8) is 0 Å². The van der Waals surface area contributed by atoms with Crippen LogP contribution in [0.1, 0.15) is 72.1 Å². The van der Waals surface area contributed by atoms with Gasteiger partial charge in [-0.25, -0.2) is 0 Å². The molecule has 0 aliphatic heterocycles. The minimum absolute atomic E-state index is 1.01. The van der Waals surface area contributed by atoms with Crippen molar-refractivity contribution < 1.29 is 0 Å². The molecule has 0 aromatic rings. The molecule has 0 radical (unpaired) electrons. The van der Waals surface area contributed by atoms with Gasteiger partial charge in [0.2, 0.25) is 0 Å². The molecule has 0 heterocycles. The van der Waals surface area contributed by atoms with E-state index in [0.717, 1.165) is 41.4 Å². The lowest BCUT2D eigenvalue weighted by molar-refractivity contribution is 0.141. The minimum atomic E-state index is 1.01. The SMILES string of the molecule is CC1CC(C)C(C2CCCC(C)C3CCCC32)C1. The molecule has 0 heteroatoms. The highest BCUT2D eigenvalue weighted by Gasteiger charge is 2.44. The third kappa shape index (κ3) is 2.25. The summed E-state index contributed by atoms with van der Waals surface area (Å²) in [6.45, 7) is 7.58. The van der Waals surface area contributed by atoms with Crippen LogP contribution in [0.3, 0.4) is 0 Å². The fourth-order valence-corrected chi connectivity index (χ4v) is 6.09. The molecule has 0 aromatic carbocycles. The Balaban J connectivity index is 1.78. The molecule has 3 aliphatic carbocycles. The first kappa shape index (κ1) is 13.0. The molecule has 0 N–H and O–H groups in total. The summed E-state index contributed by atoms with van der Waals surface area (Å²) < 4.78 is 0. The maximum absolute atomic E-state index is 2.55. The highest BCUT2D eigenvalue weighted by molar-refractivity contribution is 4.94. The largest absolute Gasteiger partial charge is 0.0625 e. The predicted octanol–water partition coefficient (Wildman–Crippen LogP) is 5.52. The summed E-state index contributed by atoms with van der Waals surface area (Å²) in [6, 6.07) is 0. The Labute approximate surface area is 114 Å². The van der Waals surface area contributed by atoms with E-state index in [1.165, 1.54) is 25.7 Å². The molecule has 3 aliphatic rings. The lowest BCUT2D eigenvalue weighted by atomic mass is 9.71. The van der Waals surface area contributed by atoms with Gasteiger partial charge >= 0.3 is 0 Å². The quantitative estimate of drug-likeness (QED) is 0.573. The van der Waals surface area contributed by atoms with Crippen molar-refractivity contribution in [2.24, 2.45) is 41.4 Å². The van der Waals surface area contributed by atoms with E-state index in [4.69, 9.17) is 0 Å². The van der Waals surface area contributed by atoms with E-state index >= 15 is 0 Å². The highest BCUT2D eigenvalue weighted by atomic mass is 14.5. The second kappa shape index (κ2) is 5.17.